The first kappa shape index (κ1) is 14.9. The number of halogens is 1. The van der Waals surface area contributed by atoms with Crippen molar-refractivity contribution >= 4 is 11.6 Å². The molecule has 1 aromatic carbocycles. The third kappa shape index (κ3) is 3.32. The van der Waals surface area contributed by atoms with Crippen molar-refractivity contribution in [2.45, 2.75) is 26.8 Å². The Balaban J connectivity index is 2.19. The molecule has 4 nitrogen and oxygen atoms in total. The van der Waals surface area contributed by atoms with Gasteiger partial charge in [-0.25, -0.2) is 4.68 Å². The van der Waals surface area contributed by atoms with Crippen LogP contribution in [0.2, 0.25) is 5.02 Å². The maximum Gasteiger partial charge on any atom is 0.217 e. The first-order valence-corrected chi connectivity index (χ1v) is 7.10. The maximum absolute atomic E-state index is 6.30. The molecule has 0 amide bonds. The van der Waals surface area contributed by atoms with Crippen molar-refractivity contribution in [3.8, 4) is 11.6 Å². The van der Waals surface area contributed by atoms with E-state index in [1.807, 2.05) is 38.2 Å². The van der Waals surface area contributed by atoms with Crippen LogP contribution in [0.15, 0.2) is 24.3 Å². The van der Waals surface area contributed by atoms with Gasteiger partial charge in [0.15, 0.2) is 0 Å². The topological polar surface area (TPSA) is 39.1 Å². The molecule has 20 heavy (non-hydrogen) atoms. The molecule has 1 atom stereocenters. The van der Waals surface area contributed by atoms with E-state index in [2.05, 4.69) is 24.3 Å². The van der Waals surface area contributed by atoms with Crippen molar-refractivity contribution in [1.29, 1.82) is 0 Å². The molecule has 1 aromatic heterocycles. The van der Waals surface area contributed by atoms with Crippen LogP contribution in [-0.4, -0.2) is 16.3 Å². The molecule has 0 aliphatic carbocycles. The van der Waals surface area contributed by atoms with Crippen molar-refractivity contribution in [2.75, 3.05) is 6.54 Å². The molecule has 0 saturated heterocycles. The van der Waals surface area contributed by atoms with Gasteiger partial charge in [-0.3, -0.25) is 0 Å². The minimum absolute atomic E-state index is 0.269. The Morgan fingerprint density at radius 3 is 2.70 bits per heavy atom. The van der Waals surface area contributed by atoms with E-state index < -0.39 is 0 Å². The van der Waals surface area contributed by atoms with Gasteiger partial charge in [0.2, 0.25) is 5.88 Å². The predicted molar refractivity (Wildman–Crippen MR) is 81.6 cm³/mol. The fourth-order valence-electron chi connectivity index (χ4n) is 2.09. The zero-order chi connectivity index (χ0) is 14.7. The quantitative estimate of drug-likeness (QED) is 0.910. The summed E-state index contributed by atoms with van der Waals surface area (Å²) in [6, 6.07) is 8.01. The van der Waals surface area contributed by atoms with E-state index >= 15 is 0 Å². The highest BCUT2D eigenvalue weighted by molar-refractivity contribution is 6.32. The summed E-state index contributed by atoms with van der Waals surface area (Å²) in [7, 11) is 1.85. The van der Waals surface area contributed by atoms with Crippen molar-refractivity contribution in [2.24, 2.45) is 7.05 Å². The Morgan fingerprint density at radius 1 is 1.40 bits per heavy atom. The van der Waals surface area contributed by atoms with Gasteiger partial charge in [0.05, 0.1) is 10.7 Å². The summed E-state index contributed by atoms with van der Waals surface area (Å²) in [5.74, 6) is 1.32. The normalized spacial score (nSPS) is 12.4. The smallest absolute Gasteiger partial charge is 0.217 e. The molecule has 108 valence electrons. The summed E-state index contributed by atoms with van der Waals surface area (Å²) in [5.41, 5.74) is 2.06. The number of nitrogens with one attached hydrogen (secondary N) is 1. The zero-order valence-corrected chi connectivity index (χ0v) is 13.0. The SMILES string of the molecule is CCNC(C)c1ccc(Oc2cc(C)nn2C)c(Cl)c1. The summed E-state index contributed by atoms with van der Waals surface area (Å²) in [4.78, 5) is 0. The molecule has 0 aliphatic heterocycles. The van der Waals surface area contributed by atoms with Crippen LogP contribution in [0, 0.1) is 6.92 Å². The van der Waals surface area contributed by atoms with Crippen LogP contribution in [0.25, 0.3) is 0 Å². The summed E-state index contributed by atoms with van der Waals surface area (Å²) in [5, 5.41) is 8.21. The van der Waals surface area contributed by atoms with Gasteiger partial charge in [-0.2, -0.15) is 5.10 Å². The van der Waals surface area contributed by atoms with Crippen LogP contribution < -0.4 is 10.1 Å². The van der Waals surface area contributed by atoms with Gasteiger partial charge in [0.1, 0.15) is 5.75 Å². The molecular weight excluding hydrogens is 274 g/mol. The number of benzene rings is 1. The lowest BCUT2D eigenvalue weighted by Gasteiger charge is -2.14. The van der Waals surface area contributed by atoms with Gasteiger partial charge in [0, 0.05) is 19.2 Å². The van der Waals surface area contributed by atoms with Gasteiger partial charge < -0.3 is 10.1 Å². The number of rotatable bonds is 5. The Morgan fingerprint density at radius 2 is 2.15 bits per heavy atom. The second-order valence-corrected chi connectivity index (χ2v) is 5.23. The lowest BCUT2D eigenvalue weighted by Crippen LogP contribution is -2.17. The van der Waals surface area contributed by atoms with Crippen LogP contribution >= 0.6 is 11.6 Å². The first-order chi connectivity index (χ1) is 9.51. The Kier molecular flexibility index (Phi) is 4.68. The van der Waals surface area contributed by atoms with E-state index in [1.54, 1.807) is 4.68 Å². The van der Waals surface area contributed by atoms with Gasteiger partial charge in [-0.05, 0) is 38.1 Å². The molecule has 0 saturated carbocycles. The molecule has 0 bridgehead atoms. The standard InChI is InChI=1S/C15H20ClN3O/c1-5-17-11(3)12-6-7-14(13(16)9-12)20-15-8-10(2)18-19(15)4/h6-9,11,17H,5H2,1-4H3. The summed E-state index contributed by atoms with van der Waals surface area (Å²) >= 11 is 6.30. The van der Waals surface area contributed by atoms with Crippen LogP contribution in [0.3, 0.4) is 0 Å². The number of hydrogen-bond donors (Lipinski definition) is 1. The van der Waals surface area contributed by atoms with Crippen LogP contribution in [0.1, 0.15) is 31.1 Å². The number of aryl methyl sites for hydroxylation is 2. The molecule has 0 aliphatic rings. The average Bonchev–Trinajstić information content (AvgIpc) is 2.70. The third-order valence-electron chi connectivity index (χ3n) is 3.14. The molecule has 0 radical (unpaired) electrons. The van der Waals surface area contributed by atoms with Gasteiger partial charge in [-0.1, -0.05) is 24.6 Å². The summed E-state index contributed by atoms with van der Waals surface area (Å²) in [6.07, 6.45) is 0. The molecular formula is C15H20ClN3O. The fourth-order valence-corrected chi connectivity index (χ4v) is 2.32. The molecule has 1 heterocycles. The summed E-state index contributed by atoms with van der Waals surface area (Å²) < 4.78 is 7.50. The lowest BCUT2D eigenvalue weighted by molar-refractivity contribution is 0.430. The fraction of sp³-hybridized carbons (Fsp3) is 0.400. The predicted octanol–water partition coefficient (Wildman–Crippen LogP) is 3.84. The van der Waals surface area contributed by atoms with E-state index in [4.69, 9.17) is 16.3 Å². The number of hydrogen-bond acceptors (Lipinski definition) is 3. The van der Waals surface area contributed by atoms with Crippen LogP contribution in [0.4, 0.5) is 0 Å². The van der Waals surface area contributed by atoms with E-state index in [1.165, 1.54) is 0 Å². The Bertz CT molecular complexity index is 595. The highest BCUT2D eigenvalue weighted by Crippen LogP contribution is 2.31. The zero-order valence-electron chi connectivity index (χ0n) is 12.3. The van der Waals surface area contributed by atoms with Crippen molar-refractivity contribution in [1.82, 2.24) is 15.1 Å². The Hall–Kier alpha value is -1.52. The van der Waals surface area contributed by atoms with Crippen LogP contribution in [0.5, 0.6) is 11.6 Å². The molecule has 2 rings (SSSR count). The first-order valence-electron chi connectivity index (χ1n) is 6.72. The number of nitrogens with zero attached hydrogens (tertiary/aromatic N) is 2. The van der Waals surface area contributed by atoms with Crippen molar-refractivity contribution in [3.63, 3.8) is 0 Å². The van der Waals surface area contributed by atoms with Gasteiger partial charge >= 0.3 is 0 Å². The molecule has 1 unspecified atom stereocenters. The minimum Gasteiger partial charge on any atom is -0.438 e. The number of aromatic nitrogens is 2. The monoisotopic (exact) mass is 293 g/mol. The Labute approximate surface area is 124 Å². The molecule has 5 heteroatoms. The van der Waals surface area contributed by atoms with E-state index in [0.717, 1.165) is 17.8 Å². The van der Waals surface area contributed by atoms with Crippen molar-refractivity contribution < 1.29 is 4.74 Å². The van der Waals surface area contributed by atoms with E-state index in [9.17, 15) is 0 Å². The van der Waals surface area contributed by atoms with E-state index in [-0.39, 0.29) is 6.04 Å². The third-order valence-corrected chi connectivity index (χ3v) is 3.44. The highest BCUT2D eigenvalue weighted by atomic mass is 35.5. The minimum atomic E-state index is 0.269. The van der Waals surface area contributed by atoms with Crippen LogP contribution in [-0.2, 0) is 7.05 Å². The molecule has 0 fully saturated rings. The van der Waals surface area contributed by atoms with E-state index in [0.29, 0.717) is 16.7 Å². The molecule has 0 spiro atoms. The largest absolute Gasteiger partial charge is 0.438 e. The molecule has 2 aromatic rings. The van der Waals surface area contributed by atoms with Gasteiger partial charge in [-0.15, -0.1) is 0 Å². The molecule has 1 N–H and O–H groups in total. The van der Waals surface area contributed by atoms with Crippen molar-refractivity contribution in [3.05, 3.63) is 40.5 Å². The second kappa shape index (κ2) is 6.29. The summed E-state index contributed by atoms with van der Waals surface area (Å²) in [6.45, 7) is 7.04. The maximum atomic E-state index is 6.30. The average molecular weight is 294 g/mol. The lowest BCUT2D eigenvalue weighted by atomic mass is 10.1. The van der Waals surface area contributed by atoms with Gasteiger partial charge in [0.25, 0.3) is 0 Å². The number of ether oxygens (including phenoxy) is 1. The second-order valence-electron chi connectivity index (χ2n) is 4.82. The highest BCUT2D eigenvalue weighted by Gasteiger charge is 2.11.